The second-order valence-electron chi connectivity index (χ2n) is 5.24. The van der Waals surface area contributed by atoms with E-state index in [0.717, 1.165) is 17.3 Å². The molecule has 4 nitrogen and oxygen atoms in total. The molecule has 0 atom stereocenters. The lowest BCUT2D eigenvalue weighted by atomic mass is 10.1. The van der Waals surface area contributed by atoms with Crippen molar-refractivity contribution in [2.45, 2.75) is 13.3 Å². The first-order chi connectivity index (χ1) is 11.2. The Morgan fingerprint density at radius 1 is 1.22 bits per heavy atom. The summed E-state index contributed by atoms with van der Waals surface area (Å²) in [6.07, 6.45) is 2.65. The van der Waals surface area contributed by atoms with Gasteiger partial charge in [-0.15, -0.1) is 0 Å². The van der Waals surface area contributed by atoms with E-state index >= 15 is 0 Å². The van der Waals surface area contributed by atoms with E-state index < -0.39 is 0 Å². The average molecular weight is 304 g/mol. The number of nitrogens with one attached hydrogen (secondary N) is 1. The lowest BCUT2D eigenvalue weighted by molar-refractivity contribution is 0.0923. The number of H-pyrrole nitrogens is 1. The van der Waals surface area contributed by atoms with Gasteiger partial charge in [0.15, 0.2) is 6.61 Å². The molecule has 0 amide bonds. The molecular weight excluding hydrogens is 288 g/mol. The number of carbonyl (C=O) groups is 1. The highest BCUT2D eigenvalue weighted by Gasteiger charge is 2.14. The zero-order valence-electron chi connectivity index (χ0n) is 12.8. The number of aromatic amines is 1. The van der Waals surface area contributed by atoms with Crippen molar-refractivity contribution in [1.29, 1.82) is 5.26 Å². The number of carbonyl (C=O) groups excluding carboxylic acids is 1. The van der Waals surface area contributed by atoms with Crippen LogP contribution in [0.2, 0.25) is 0 Å². The third-order valence-electron chi connectivity index (χ3n) is 3.84. The van der Waals surface area contributed by atoms with E-state index in [-0.39, 0.29) is 12.4 Å². The Bertz CT molecular complexity index is 886. The topological polar surface area (TPSA) is 65.9 Å². The molecule has 0 aliphatic rings. The van der Waals surface area contributed by atoms with Gasteiger partial charge in [0.2, 0.25) is 5.78 Å². The summed E-state index contributed by atoms with van der Waals surface area (Å²) in [6, 6.07) is 14.7. The van der Waals surface area contributed by atoms with Gasteiger partial charge < -0.3 is 9.72 Å². The molecule has 0 fully saturated rings. The number of hydrogen-bond donors (Lipinski definition) is 1. The molecule has 1 heterocycles. The minimum Gasteiger partial charge on any atom is -0.485 e. The maximum atomic E-state index is 12.4. The molecule has 0 saturated heterocycles. The fourth-order valence-electron chi connectivity index (χ4n) is 2.59. The number of hydrogen-bond acceptors (Lipinski definition) is 3. The Labute approximate surface area is 134 Å². The second-order valence-corrected chi connectivity index (χ2v) is 5.24. The van der Waals surface area contributed by atoms with Crippen molar-refractivity contribution in [3.63, 3.8) is 0 Å². The molecule has 114 valence electrons. The summed E-state index contributed by atoms with van der Waals surface area (Å²) in [5.41, 5.74) is 3.41. The summed E-state index contributed by atoms with van der Waals surface area (Å²) < 4.78 is 5.52. The maximum Gasteiger partial charge on any atom is 0.202 e. The monoisotopic (exact) mass is 304 g/mol. The summed E-state index contributed by atoms with van der Waals surface area (Å²) in [5.74, 6) is 0.500. The van der Waals surface area contributed by atoms with Crippen LogP contribution in [0.3, 0.4) is 0 Å². The highest BCUT2D eigenvalue weighted by atomic mass is 16.5. The van der Waals surface area contributed by atoms with Crippen LogP contribution in [0.15, 0.2) is 48.7 Å². The Morgan fingerprint density at radius 2 is 2.00 bits per heavy atom. The first kappa shape index (κ1) is 14.9. The van der Waals surface area contributed by atoms with Gasteiger partial charge in [0.25, 0.3) is 0 Å². The van der Waals surface area contributed by atoms with Gasteiger partial charge in [-0.3, -0.25) is 4.79 Å². The average Bonchev–Trinajstić information content (AvgIpc) is 3.04. The third kappa shape index (κ3) is 2.95. The van der Waals surface area contributed by atoms with Crippen LogP contribution >= 0.6 is 0 Å². The van der Waals surface area contributed by atoms with Crippen LogP contribution in [0.1, 0.15) is 28.4 Å². The van der Waals surface area contributed by atoms with E-state index in [9.17, 15) is 4.79 Å². The Balaban J connectivity index is 1.77. The minimum atomic E-state index is -0.0751. The number of rotatable bonds is 5. The Kier molecular flexibility index (Phi) is 4.11. The van der Waals surface area contributed by atoms with E-state index in [1.54, 1.807) is 30.5 Å². The van der Waals surface area contributed by atoms with Crippen molar-refractivity contribution >= 4 is 16.7 Å². The van der Waals surface area contributed by atoms with Crippen molar-refractivity contribution in [3.05, 3.63) is 65.4 Å². The largest absolute Gasteiger partial charge is 0.485 e. The molecule has 23 heavy (non-hydrogen) atoms. The Hall–Kier alpha value is -3.06. The zero-order chi connectivity index (χ0) is 16.2. The van der Waals surface area contributed by atoms with Crippen LogP contribution < -0.4 is 4.74 Å². The van der Waals surface area contributed by atoms with Crippen molar-refractivity contribution in [2.75, 3.05) is 6.61 Å². The van der Waals surface area contributed by atoms with Gasteiger partial charge in [0.05, 0.1) is 11.6 Å². The summed E-state index contributed by atoms with van der Waals surface area (Å²) in [7, 11) is 0. The number of para-hydroxylation sites is 1. The number of aryl methyl sites for hydroxylation is 1. The molecule has 0 aliphatic heterocycles. The quantitative estimate of drug-likeness (QED) is 0.728. The molecule has 0 radical (unpaired) electrons. The molecule has 1 aromatic heterocycles. The van der Waals surface area contributed by atoms with Crippen LogP contribution in [0, 0.1) is 11.3 Å². The van der Waals surface area contributed by atoms with Gasteiger partial charge in [-0.2, -0.15) is 5.26 Å². The van der Waals surface area contributed by atoms with Gasteiger partial charge in [0, 0.05) is 22.7 Å². The predicted octanol–water partition coefficient (Wildman–Crippen LogP) is 3.86. The van der Waals surface area contributed by atoms with Gasteiger partial charge in [0.1, 0.15) is 5.75 Å². The van der Waals surface area contributed by atoms with Crippen LogP contribution in [0.25, 0.3) is 10.9 Å². The Morgan fingerprint density at radius 3 is 2.70 bits per heavy atom. The number of aromatic nitrogens is 1. The standard InChI is InChI=1S/C19H16N2O2/c1-2-14-4-3-5-16-17(11-21-19(14)16)18(22)12-23-15-8-6-13(10-20)7-9-15/h3-9,11,21H,2,12H2,1H3. The molecule has 0 bridgehead atoms. The van der Waals surface area contributed by atoms with Crippen LogP contribution in [-0.2, 0) is 6.42 Å². The number of nitrogens with zero attached hydrogens (tertiary/aromatic N) is 1. The number of nitriles is 1. The van der Waals surface area contributed by atoms with Crippen molar-refractivity contribution in [1.82, 2.24) is 4.98 Å². The summed E-state index contributed by atoms with van der Waals surface area (Å²) in [4.78, 5) is 15.6. The van der Waals surface area contributed by atoms with Crippen LogP contribution in [0.4, 0.5) is 0 Å². The van der Waals surface area contributed by atoms with Crippen LogP contribution in [-0.4, -0.2) is 17.4 Å². The second kappa shape index (κ2) is 6.37. The van der Waals surface area contributed by atoms with Gasteiger partial charge >= 0.3 is 0 Å². The number of ketones is 1. The molecular formula is C19H16N2O2. The molecule has 3 rings (SSSR count). The highest BCUT2D eigenvalue weighted by molar-refractivity contribution is 6.09. The molecule has 0 unspecified atom stereocenters. The lowest BCUT2D eigenvalue weighted by Crippen LogP contribution is -2.11. The van der Waals surface area contributed by atoms with Crippen molar-refractivity contribution in [2.24, 2.45) is 0 Å². The normalized spacial score (nSPS) is 10.4. The fourth-order valence-corrected chi connectivity index (χ4v) is 2.59. The van der Waals surface area contributed by atoms with Gasteiger partial charge in [-0.1, -0.05) is 25.1 Å². The predicted molar refractivity (Wildman–Crippen MR) is 88.7 cm³/mol. The van der Waals surface area contributed by atoms with E-state index in [1.807, 2.05) is 18.2 Å². The van der Waals surface area contributed by atoms with E-state index in [2.05, 4.69) is 18.0 Å². The number of benzene rings is 2. The molecule has 4 heteroatoms. The maximum absolute atomic E-state index is 12.4. The summed E-state index contributed by atoms with van der Waals surface area (Å²) in [6.45, 7) is 2.06. The van der Waals surface area contributed by atoms with Gasteiger partial charge in [-0.05, 0) is 36.2 Å². The zero-order valence-corrected chi connectivity index (χ0v) is 12.8. The number of Topliss-reactive ketones (excluding diaryl/α,β-unsaturated/α-hetero) is 1. The first-order valence-electron chi connectivity index (χ1n) is 7.48. The van der Waals surface area contributed by atoms with E-state index in [0.29, 0.717) is 16.9 Å². The number of fused-ring (bicyclic) bond motifs is 1. The number of ether oxygens (including phenoxy) is 1. The third-order valence-corrected chi connectivity index (χ3v) is 3.84. The van der Waals surface area contributed by atoms with E-state index in [1.165, 1.54) is 5.56 Å². The minimum absolute atomic E-state index is 0.0325. The van der Waals surface area contributed by atoms with Crippen LogP contribution in [0.5, 0.6) is 5.75 Å². The van der Waals surface area contributed by atoms with Crippen molar-refractivity contribution in [3.8, 4) is 11.8 Å². The molecule has 3 aromatic rings. The summed E-state index contributed by atoms with van der Waals surface area (Å²) >= 11 is 0. The van der Waals surface area contributed by atoms with E-state index in [4.69, 9.17) is 10.00 Å². The van der Waals surface area contributed by atoms with Gasteiger partial charge in [-0.25, -0.2) is 0 Å². The molecule has 0 aliphatic carbocycles. The fraction of sp³-hybridized carbons (Fsp3) is 0.158. The molecule has 0 spiro atoms. The molecule has 1 N–H and O–H groups in total. The smallest absolute Gasteiger partial charge is 0.202 e. The first-order valence-corrected chi connectivity index (χ1v) is 7.48. The van der Waals surface area contributed by atoms with Crippen molar-refractivity contribution < 1.29 is 9.53 Å². The lowest BCUT2D eigenvalue weighted by Gasteiger charge is -2.05. The highest BCUT2D eigenvalue weighted by Crippen LogP contribution is 2.23. The molecule has 0 saturated carbocycles. The summed E-state index contributed by atoms with van der Waals surface area (Å²) in [5, 5.41) is 9.70. The SMILES string of the molecule is CCc1cccc2c(C(=O)COc3ccc(C#N)cc3)c[nH]c12. The molecule has 2 aromatic carbocycles.